The van der Waals surface area contributed by atoms with Gasteiger partial charge in [0.2, 0.25) is 0 Å². The van der Waals surface area contributed by atoms with Crippen LogP contribution in [0.15, 0.2) is 47.3 Å². The van der Waals surface area contributed by atoms with E-state index < -0.39 is 0 Å². The van der Waals surface area contributed by atoms with Crippen LogP contribution in [0.25, 0.3) is 33.5 Å². The van der Waals surface area contributed by atoms with Gasteiger partial charge in [0.15, 0.2) is 5.82 Å². The minimum Gasteiger partial charge on any atom is -0.497 e. The lowest BCUT2D eigenvalue weighted by Crippen LogP contribution is -2.11. The highest BCUT2D eigenvalue weighted by Gasteiger charge is 2.11. The fourth-order valence-corrected chi connectivity index (χ4v) is 3.26. The summed E-state index contributed by atoms with van der Waals surface area (Å²) in [4.78, 5) is 23.9. The quantitative estimate of drug-likeness (QED) is 0.402. The molecule has 2 heterocycles. The molecular weight excluding hydrogens is 388 g/mol. The normalized spacial score (nSPS) is 11.6. The molecule has 2 aromatic carbocycles. The Bertz CT molecular complexity index is 1400. The second-order valence-corrected chi connectivity index (χ2v) is 6.89. The number of aryl methyl sites for hydroxylation is 1. The van der Waals surface area contributed by atoms with E-state index in [0.29, 0.717) is 27.7 Å². The Hall–Kier alpha value is -3.69. The summed E-state index contributed by atoms with van der Waals surface area (Å²) in [5, 5.41) is 11.2. The number of pyridine rings is 1. The van der Waals surface area contributed by atoms with Gasteiger partial charge in [-0.1, -0.05) is 23.2 Å². The van der Waals surface area contributed by atoms with E-state index in [2.05, 4.69) is 21.0 Å². The van der Waals surface area contributed by atoms with Crippen molar-refractivity contribution in [3.63, 3.8) is 0 Å². The van der Waals surface area contributed by atoms with Crippen molar-refractivity contribution in [1.29, 1.82) is 5.26 Å². The Labute approximate surface area is 171 Å². The summed E-state index contributed by atoms with van der Waals surface area (Å²) in [6, 6.07) is 14.7. The topological polar surface area (TPSA) is 91.7 Å². The number of rotatable bonds is 3. The van der Waals surface area contributed by atoms with E-state index in [0.717, 1.165) is 10.9 Å². The van der Waals surface area contributed by atoms with Gasteiger partial charge in [-0.25, -0.2) is 9.97 Å². The van der Waals surface area contributed by atoms with Crippen molar-refractivity contribution >= 4 is 45.1 Å². The largest absolute Gasteiger partial charge is 0.497 e. The molecule has 29 heavy (non-hydrogen) atoms. The predicted molar refractivity (Wildman–Crippen MR) is 114 cm³/mol. The van der Waals surface area contributed by atoms with Gasteiger partial charge in [0.25, 0.3) is 5.56 Å². The molecule has 0 atom stereocenters. The molecule has 6 nitrogen and oxygen atoms in total. The molecule has 1 N–H and O–H groups in total. The predicted octanol–water partition coefficient (Wildman–Crippen LogP) is 4.51. The maximum absolute atomic E-state index is 12.5. The number of hydrogen-bond donors (Lipinski definition) is 1. The molecule has 4 rings (SSSR count). The van der Waals surface area contributed by atoms with Crippen LogP contribution < -0.4 is 10.3 Å². The first-order chi connectivity index (χ1) is 14.0. The van der Waals surface area contributed by atoms with Crippen molar-refractivity contribution in [2.45, 2.75) is 6.92 Å². The van der Waals surface area contributed by atoms with Gasteiger partial charge in [-0.3, -0.25) is 4.79 Å². The number of fused-ring (bicyclic) bond motifs is 2. The highest BCUT2D eigenvalue weighted by molar-refractivity contribution is 6.31. The highest BCUT2D eigenvalue weighted by Crippen LogP contribution is 2.27. The molecule has 0 saturated carbocycles. The number of allylic oxidation sites excluding steroid dienone is 1. The second-order valence-electron chi connectivity index (χ2n) is 6.53. The lowest BCUT2D eigenvalue weighted by molar-refractivity contribution is 0.415. The maximum atomic E-state index is 12.5. The molecule has 0 radical (unpaired) electrons. The van der Waals surface area contributed by atoms with Crippen molar-refractivity contribution in [1.82, 2.24) is 15.0 Å². The summed E-state index contributed by atoms with van der Waals surface area (Å²) in [5.41, 5.74) is 2.59. The van der Waals surface area contributed by atoms with Crippen LogP contribution in [-0.4, -0.2) is 22.1 Å². The average molecular weight is 403 g/mol. The van der Waals surface area contributed by atoms with Crippen LogP contribution in [0, 0.1) is 18.3 Å². The number of nitrogens with zero attached hydrogens (tertiary/aromatic N) is 3. The molecule has 2 aromatic heterocycles. The number of hydrogen-bond acceptors (Lipinski definition) is 5. The summed E-state index contributed by atoms with van der Waals surface area (Å²) in [6.07, 6.45) is 1.56. The Balaban J connectivity index is 1.87. The van der Waals surface area contributed by atoms with Crippen LogP contribution in [0.4, 0.5) is 0 Å². The molecule has 0 fully saturated rings. The van der Waals surface area contributed by atoms with Crippen LogP contribution in [-0.2, 0) is 0 Å². The number of nitriles is 1. The number of aromatic nitrogens is 3. The Morgan fingerprint density at radius 2 is 1.97 bits per heavy atom. The van der Waals surface area contributed by atoms with Gasteiger partial charge in [-0.05, 0) is 49.4 Å². The SMILES string of the molecule is COc1ccc2nc(Cl)c(/C=C(\C#N)c3nc4ccc(C)cc4c(=O)[nH]3)cc2c1. The molecule has 7 heteroatoms. The fourth-order valence-electron chi connectivity index (χ4n) is 3.06. The average Bonchev–Trinajstić information content (AvgIpc) is 2.72. The van der Waals surface area contributed by atoms with Gasteiger partial charge < -0.3 is 9.72 Å². The van der Waals surface area contributed by atoms with Gasteiger partial charge >= 0.3 is 0 Å². The van der Waals surface area contributed by atoms with Gasteiger partial charge in [0.1, 0.15) is 17.0 Å². The number of nitrogens with one attached hydrogen (secondary N) is 1. The van der Waals surface area contributed by atoms with Gasteiger partial charge in [0.05, 0.1) is 29.1 Å². The minimum atomic E-state index is -0.303. The lowest BCUT2D eigenvalue weighted by Gasteiger charge is -2.06. The van der Waals surface area contributed by atoms with Crippen molar-refractivity contribution in [2.24, 2.45) is 0 Å². The van der Waals surface area contributed by atoms with Crippen molar-refractivity contribution in [3.8, 4) is 11.8 Å². The molecule has 0 saturated heterocycles. The third kappa shape index (κ3) is 3.56. The first-order valence-electron chi connectivity index (χ1n) is 8.75. The number of H-pyrrole nitrogens is 1. The standard InChI is InChI=1S/C22H15ClN4O2/c1-12-3-5-19-17(7-12)22(28)27-21(26-19)15(11-24)9-14-8-13-10-16(29-2)4-6-18(13)25-20(14)23/h3-10H,1-2H3,(H,26,27,28)/b15-9+. The molecule has 0 bridgehead atoms. The van der Waals surface area contributed by atoms with Crippen LogP contribution >= 0.6 is 11.6 Å². The van der Waals surface area contributed by atoms with E-state index in [1.807, 2.05) is 31.2 Å². The maximum Gasteiger partial charge on any atom is 0.259 e. The molecule has 4 aromatic rings. The zero-order valence-corrected chi connectivity index (χ0v) is 16.4. The molecule has 0 aliphatic heterocycles. The molecule has 0 spiro atoms. The lowest BCUT2D eigenvalue weighted by atomic mass is 10.1. The summed E-state index contributed by atoms with van der Waals surface area (Å²) in [6.45, 7) is 1.90. The Kier molecular flexibility index (Phi) is 4.75. The van der Waals surface area contributed by atoms with Crippen LogP contribution in [0.1, 0.15) is 17.0 Å². The summed E-state index contributed by atoms with van der Waals surface area (Å²) >= 11 is 6.32. The zero-order chi connectivity index (χ0) is 20.5. The Morgan fingerprint density at radius 3 is 2.72 bits per heavy atom. The van der Waals surface area contributed by atoms with E-state index in [1.165, 1.54) is 0 Å². The van der Waals surface area contributed by atoms with Crippen LogP contribution in [0.3, 0.4) is 0 Å². The van der Waals surface area contributed by atoms with Crippen molar-refractivity contribution in [2.75, 3.05) is 7.11 Å². The van der Waals surface area contributed by atoms with E-state index >= 15 is 0 Å². The van der Waals surface area contributed by atoms with E-state index in [9.17, 15) is 10.1 Å². The smallest absolute Gasteiger partial charge is 0.259 e. The summed E-state index contributed by atoms with van der Waals surface area (Å²) < 4.78 is 5.25. The van der Waals surface area contributed by atoms with E-state index in [1.54, 1.807) is 31.4 Å². The minimum absolute atomic E-state index is 0.176. The van der Waals surface area contributed by atoms with Gasteiger partial charge in [-0.2, -0.15) is 5.26 Å². The van der Waals surface area contributed by atoms with Gasteiger partial charge in [0, 0.05) is 10.9 Å². The number of halogens is 1. The number of ether oxygens (including phenoxy) is 1. The van der Waals surface area contributed by atoms with Crippen LogP contribution in [0.5, 0.6) is 5.75 Å². The number of aromatic amines is 1. The molecule has 0 aliphatic rings. The highest BCUT2D eigenvalue weighted by atomic mass is 35.5. The second kappa shape index (κ2) is 7.38. The fraction of sp³-hybridized carbons (Fsp3) is 0.0909. The first kappa shape index (κ1) is 18.7. The molecule has 0 aliphatic carbocycles. The first-order valence-corrected chi connectivity index (χ1v) is 9.13. The van der Waals surface area contributed by atoms with E-state index in [-0.39, 0.29) is 22.1 Å². The zero-order valence-electron chi connectivity index (χ0n) is 15.7. The summed E-state index contributed by atoms with van der Waals surface area (Å²) in [7, 11) is 1.59. The molecule has 0 unspecified atom stereocenters. The molecule has 142 valence electrons. The third-order valence-corrected chi connectivity index (χ3v) is 4.84. The van der Waals surface area contributed by atoms with E-state index in [4.69, 9.17) is 16.3 Å². The molecular formula is C22H15ClN4O2. The monoisotopic (exact) mass is 402 g/mol. The number of methoxy groups -OCH3 is 1. The Morgan fingerprint density at radius 1 is 1.17 bits per heavy atom. The molecule has 0 amide bonds. The van der Waals surface area contributed by atoms with Crippen molar-refractivity contribution < 1.29 is 4.74 Å². The number of benzene rings is 2. The summed E-state index contributed by atoms with van der Waals surface area (Å²) in [5.74, 6) is 0.864. The van der Waals surface area contributed by atoms with Gasteiger partial charge in [-0.15, -0.1) is 0 Å². The van der Waals surface area contributed by atoms with Crippen LogP contribution in [0.2, 0.25) is 5.15 Å². The third-order valence-electron chi connectivity index (χ3n) is 4.54. The van der Waals surface area contributed by atoms with Crippen molar-refractivity contribution in [3.05, 3.63) is 74.9 Å².